The Morgan fingerprint density at radius 2 is 1.96 bits per heavy atom. The van der Waals surface area contributed by atoms with Crippen LogP contribution in [0, 0.1) is 0 Å². The maximum absolute atomic E-state index is 12.1. The molecule has 0 saturated carbocycles. The van der Waals surface area contributed by atoms with Crippen molar-refractivity contribution in [3.8, 4) is 5.75 Å². The molecule has 2 amide bonds. The lowest BCUT2D eigenvalue weighted by atomic mass is 9.98. The van der Waals surface area contributed by atoms with Gasteiger partial charge in [-0.05, 0) is 48.6 Å². The average Bonchev–Trinajstić information content (AvgIpc) is 2.68. The van der Waals surface area contributed by atoms with E-state index in [1.165, 1.54) is 18.4 Å². The van der Waals surface area contributed by atoms with Crippen LogP contribution >= 0.6 is 0 Å². The first-order chi connectivity index (χ1) is 13.1. The minimum atomic E-state index is -0.702. The first-order valence-electron chi connectivity index (χ1n) is 9.13. The number of aryl methyl sites for hydroxylation is 1. The molecule has 0 fully saturated rings. The second-order valence-corrected chi connectivity index (χ2v) is 6.65. The van der Waals surface area contributed by atoms with Crippen molar-refractivity contribution in [2.75, 3.05) is 37.5 Å². The number of amides is 2. The number of fused-ring (bicyclic) bond motifs is 1. The number of para-hydroxylation sites is 2. The number of rotatable bonds is 5. The van der Waals surface area contributed by atoms with Crippen LogP contribution in [0.15, 0.2) is 42.5 Å². The van der Waals surface area contributed by atoms with Crippen molar-refractivity contribution in [1.82, 2.24) is 5.32 Å². The largest absolute Gasteiger partial charge is 0.495 e. The van der Waals surface area contributed by atoms with Gasteiger partial charge in [0.2, 0.25) is 0 Å². The van der Waals surface area contributed by atoms with Gasteiger partial charge in [-0.3, -0.25) is 9.59 Å². The number of hydrogen-bond acceptors (Lipinski definition) is 4. The number of nitrogens with zero attached hydrogens (tertiary/aromatic N) is 1. The van der Waals surface area contributed by atoms with Crippen molar-refractivity contribution in [2.24, 2.45) is 0 Å². The first kappa shape index (κ1) is 18.8. The standard InChI is InChI=1S/C21H25N3O3/c1-24-13-5-6-16-14-15(9-10-18(16)24)11-12-22-20(25)21(26)23-17-7-3-4-8-19(17)27-2/h3-4,7-10,14H,5-6,11-13H2,1-2H3,(H,22,25)(H,23,26). The third-order valence-corrected chi connectivity index (χ3v) is 4.76. The van der Waals surface area contributed by atoms with Gasteiger partial charge in [0.05, 0.1) is 12.8 Å². The number of methoxy groups -OCH3 is 1. The Balaban J connectivity index is 1.51. The number of anilines is 2. The molecule has 6 heteroatoms. The smallest absolute Gasteiger partial charge is 0.313 e. The van der Waals surface area contributed by atoms with Gasteiger partial charge in [0.25, 0.3) is 0 Å². The molecule has 0 aliphatic carbocycles. The van der Waals surface area contributed by atoms with Crippen LogP contribution in [-0.2, 0) is 22.4 Å². The van der Waals surface area contributed by atoms with Gasteiger partial charge >= 0.3 is 11.8 Å². The van der Waals surface area contributed by atoms with Crippen LogP contribution in [0.5, 0.6) is 5.75 Å². The van der Waals surface area contributed by atoms with Gasteiger partial charge in [0.15, 0.2) is 0 Å². The Morgan fingerprint density at radius 3 is 2.78 bits per heavy atom. The first-order valence-corrected chi connectivity index (χ1v) is 9.13. The SMILES string of the molecule is COc1ccccc1NC(=O)C(=O)NCCc1ccc2c(c1)CCCN2C. The van der Waals surface area contributed by atoms with E-state index in [4.69, 9.17) is 4.74 Å². The lowest BCUT2D eigenvalue weighted by Crippen LogP contribution is -2.36. The molecular weight excluding hydrogens is 342 g/mol. The normalized spacial score (nSPS) is 12.9. The van der Waals surface area contributed by atoms with Crippen molar-refractivity contribution in [3.05, 3.63) is 53.6 Å². The summed E-state index contributed by atoms with van der Waals surface area (Å²) in [7, 11) is 3.62. The van der Waals surface area contributed by atoms with Gasteiger partial charge in [-0.1, -0.05) is 24.3 Å². The van der Waals surface area contributed by atoms with Gasteiger partial charge in [-0.15, -0.1) is 0 Å². The van der Waals surface area contributed by atoms with Gasteiger partial charge in [0, 0.05) is 25.8 Å². The Morgan fingerprint density at radius 1 is 1.15 bits per heavy atom. The number of benzene rings is 2. The molecule has 1 aliphatic rings. The molecule has 0 aromatic heterocycles. The summed E-state index contributed by atoms with van der Waals surface area (Å²) in [6, 6.07) is 13.4. The second-order valence-electron chi connectivity index (χ2n) is 6.65. The van der Waals surface area contributed by atoms with Crippen LogP contribution < -0.4 is 20.3 Å². The van der Waals surface area contributed by atoms with E-state index in [1.54, 1.807) is 24.3 Å². The minimum absolute atomic E-state index is 0.410. The monoisotopic (exact) mass is 367 g/mol. The van der Waals surface area contributed by atoms with E-state index in [0.29, 0.717) is 24.4 Å². The summed E-state index contributed by atoms with van der Waals surface area (Å²) in [6.07, 6.45) is 2.93. The molecule has 0 spiro atoms. The zero-order valence-electron chi connectivity index (χ0n) is 15.7. The van der Waals surface area contributed by atoms with Crippen LogP contribution in [0.25, 0.3) is 0 Å². The fourth-order valence-electron chi connectivity index (χ4n) is 3.32. The van der Waals surface area contributed by atoms with Gasteiger partial charge in [-0.25, -0.2) is 0 Å². The van der Waals surface area contributed by atoms with Crippen molar-refractivity contribution < 1.29 is 14.3 Å². The number of carbonyl (C=O) groups excluding carboxylic acids is 2. The second kappa shape index (κ2) is 8.58. The van der Waals surface area contributed by atoms with Crippen LogP contribution in [0.1, 0.15) is 17.5 Å². The van der Waals surface area contributed by atoms with Crippen molar-refractivity contribution in [3.63, 3.8) is 0 Å². The predicted octanol–water partition coefficient (Wildman–Crippen LogP) is 2.38. The molecule has 0 atom stereocenters. The molecule has 6 nitrogen and oxygen atoms in total. The summed E-state index contributed by atoms with van der Waals surface area (Å²) in [6.45, 7) is 1.50. The summed E-state index contributed by atoms with van der Waals surface area (Å²) >= 11 is 0. The van der Waals surface area contributed by atoms with E-state index in [9.17, 15) is 9.59 Å². The predicted molar refractivity (Wildman–Crippen MR) is 106 cm³/mol. The highest BCUT2D eigenvalue weighted by Gasteiger charge is 2.16. The average molecular weight is 367 g/mol. The number of carbonyl (C=O) groups is 2. The van der Waals surface area contributed by atoms with Gasteiger partial charge in [0.1, 0.15) is 5.75 Å². The highest BCUT2D eigenvalue weighted by molar-refractivity contribution is 6.39. The Labute approximate surface area is 159 Å². The number of ether oxygens (including phenoxy) is 1. The molecule has 2 aromatic rings. The molecule has 0 unspecified atom stereocenters. The van der Waals surface area contributed by atoms with E-state index in [1.807, 2.05) is 0 Å². The quantitative estimate of drug-likeness (QED) is 0.796. The van der Waals surface area contributed by atoms with E-state index < -0.39 is 11.8 Å². The molecular formula is C21H25N3O3. The summed E-state index contributed by atoms with van der Waals surface area (Å²) in [5, 5.41) is 5.25. The Kier molecular flexibility index (Phi) is 5.96. The van der Waals surface area contributed by atoms with Crippen molar-refractivity contribution >= 4 is 23.2 Å². The maximum atomic E-state index is 12.1. The lowest BCUT2D eigenvalue weighted by Gasteiger charge is -2.27. The maximum Gasteiger partial charge on any atom is 0.313 e. The minimum Gasteiger partial charge on any atom is -0.495 e. The molecule has 0 bridgehead atoms. The van der Waals surface area contributed by atoms with E-state index >= 15 is 0 Å². The fraction of sp³-hybridized carbons (Fsp3) is 0.333. The van der Waals surface area contributed by atoms with Crippen molar-refractivity contribution in [1.29, 1.82) is 0 Å². The molecule has 27 heavy (non-hydrogen) atoms. The Bertz CT molecular complexity index is 835. The van der Waals surface area contributed by atoms with Crippen LogP contribution in [0.2, 0.25) is 0 Å². The summed E-state index contributed by atoms with van der Waals surface area (Å²) in [4.78, 5) is 26.4. The van der Waals surface area contributed by atoms with Crippen molar-refractivity contribution in [2.45, 2.75) is 19.3 Å². The lowest BCUT2D eigenvalue weighted by molar-refractivity contribution is -0.136. The molecule has 3 rings (SSSR count). The van der Waals surface area contributed by atoms with Gasteiger partial charge < -0.3 is 20.3 Å². The zero-order valence-corrected chi connectivity index (χ0v) is 15.7. The van der Waals surface area contributed by atoms with Crippen LogP contribution in [0.3, 0.4) is 0 Å². The fourth-order valence-corrected chi connectivity index (χ4v) is 3.32. The van der Waals surface area contributed by atoms with E-state index in [-0.39, 0.29) is 0 Å². The molecule has 1 heterocycles. The molecule has 0 radical (unpaired) electrons. The molecule has 2 aromatic carbocycles. The van der Waals surface area contributed by atoms with Crippen LogP contribution in [-0.4, -0.2) is 39.1 Å². The highest BCUT2D eigenvalue weighted by atomic mass is 16.5. The zero-order chi connectivity index (χ0) is 19.2. The molecule has 0 saturated heterocycles. The Hall–Kier alpha value is -3.02. The topological polar surface area (TPSA) is 70.7 Å². The summed E-state index contributed by atoms with van der Waals surface area (Å²) in [5.41, 5.74) is 4.26. The third kappa shape index (κ3) is 4.58. The molecule has 142 valence electrons. The summed E-state index contributed by atoms with van der Waals surface area (Å²) in [5.74, 6) is -0.845. The summed E-state index contributed by atoms with van der Waals surface area (Å²) < 4.78 is 5.17. The van der Waals surface area contributed by atoms with Crippen LogP contribution in [0.4, 0.5) is 11.4 Å². The van der Waals surface area contributed by atoms with Gasteiger partial charge in [-0.2, -0.15) is 0 Å². The number of hydrogen-bond donors (Lipinski definition) is 2. The van der Waals surface area contributed by atoms with E-state index in [2.05, 4.69) is 40.8 Å². The van der Waals surface area contributed by atoms with E-state index in [0.717, 1.165) is 24.9 Å². The third-order valence-electron chi connectivity index (χ3n) is 4.76. The molecule has 2 N–H and O–H groups in total. The number of nitrogens with one attached hydrogen (secondary N) is 2. The molecule has 1 aliphatic heterocycles. The highest BCUT2D eigenvalue weighted by Crippen LogP contribution is 2.27.